The van der Waals surface area contributed by atoms with E-state index in [0.717, 1.165) is 16.9 Å². The van der Waals surface area contributed by atoms with Gasteiger partial charge in [-0.25, -0.2) is 0 Å². The van der Waals surface area contributed by atoms with Crippen LogP contribution in [0.5, 0.6) is 0 Å². The molecule has 0 atom stereocenters. The van der Waals surface area contributed by atoms with Crippen LogP contribution >= 0.6 is 0 Å². The number of nitrogens with zero attached hydrogens (tertiary/aromatic N) is 1. The van der Waals surface area contributed by atoms with Crippen molar-refractivity contribution >= 4 is 11.6 Å². The third-order valence-corrected chi connectivity index (χ3v) is 3.00. The number of rotatable bonds is 6. The Morgan fingerprint density at radius 2 is 2.00 bits per heavy atom. The molecule has 2 rings (SSSR count). The number of hydrogen-bond donors (Lipinski definition) is 2. The number of aryl methyl sites for hydroxylation is 1. The third kappa shape index (κ3) is 4.45. The number of benzene rings is 1. The Morgan fingerprint density at radius 1 is 1.24 bits per heavy atom. The van der Waals surface area contributed by atoms with Crippen LogP contribution in [0.2, 0.25) is 0 Å². The standard InChI is InChI=1S/C17H19N3O/c1-3-10-18-17(21)14-5-8-15(9-6-14)20-12-16-7-4-13(2)11-19-16/h3-9,11,20H,1,10,12H2,2H3,(H,18,21). The quantitative estimate of drug-likeness (QED) is 0.800. The maximum Gasteiger partial charge on any atom is 0.251 e. The molecule has 0 aliphatic heterocycles. The topological polar surface area (TPSA) is 54.0 Å². The van der Waals surface area contributed by atoms with Crippen LogP contribution in [-0.2, 0) is 6.54 Å². The van der Waals surface area contributed by atoms with E-state index in [1.54, 1.807) is 18.2 Å². The van der Waals surface area contributed by atoms with Crippen LogP contribution in [-0.4, -0.2) is 17.4 Å². The van der Waals surface area contributed by atoms with Crippen molar-refractivity contribution in [1.29, 1.82) is 0 Å². The Hall–Kier alpha value is -2.62. The SMILES string of the molecule is C=CCNC(=O)c1ccc(NCc2ccc(C)cn2)cc1. The Labute approximate surface area is 124 Å². The van der Waals surface area contributed by atoms with Gasteiger partial charge in [-0.05, 0) is 42.8 Å². The molecular formula is C17H19N3O. The van der Waals surface area contributed by atoms with Crippen LogP contribution in [0.4, 0.5) is 5.69 Å². The lowest BCUT2D eigenvalue weighted by Gasteiger charge is -2.07. The van der Waals surface area contributed by atoms with Crippen molar-refractivity contribution in [2.24, 2.45) is 0 Å². The fourth-order valence-corrected chi connectivity index (χ4v) is 1.80. The molecule has 0 saturated heterocycles. The monoisotopic (exact) mass is 281 g/mol. The molecule has 1 heterocycles. The minimum atomic E-state index is -0.0957. The van der Waals surface area contributed by atoms with Gasteiger partial charge in [0.1, 0.15) is 0 Å². The van der Waals surface area contributed by atoms with E-state index in [-0.39, 0.29) is 5.91 Å². The first-order valence-electron chi connectivity index (χ1n) is 6.83. The zero-order valence-electron chi connectivity index (χ0n) is 12.1. The molecule has 108 valence electrons. The third-order valence-electron chi connectivity index (χ3n) is 3.00. The lowest BCUT2D eigenvalue weighted by Crippen LogP contribution is -2.23. The molecule has 4 heteroatoms. The van der Waals surface area contributed by atoms with E-state index in [2.05, 4.69) is 22.2 Å². The van der Waals surface area contributed by atoms with Crippen LogP contribution < -0.4 is 10.6 Å². The van der Waals surface area contributed by atoms with Gasteiger partial charge in [0.05, 0.1) is 12.2 Å². The Kier molecular flexibility index (Phi) is 5.10. The number of anilines is 1. The number of aromatic nitrogens is 1. The number of pyridine rings is 1. The summed E-state index contributed by atoms with van der Waals surface area (Å²) >= 11 is 0. The van der Waals surface area contributed by atoms with E-state index in [0.29, 0.717) is 18.7 Å². The molecule has 1 aromatic carbocycles. The number of carbonyl (C=O) groups excluding carboxylic acids is 1. The molecule has 0 unspecified atom stereocenters. The van der Waals surface area contributed by atoms with E-state index in [1.165, 1.54) is 0 Å². The molecule has 0 saturated carbocycles. The largest absolute Gasteiger partial charge is 0.379 e. The van der Waals surface area contributed by atoms with Crippen molar-refractivity contribution in [3.05, 3.63) is 72.1 Å². The van der Waals surface area contributed by atoms with Gasteiger partial charge in [0.25, 0.3) is 5.91 Å². The summed E-state index contributed by atoms with van der Waals surface area (Å²) in [7, 11) is 0. The van der Waals surface area contributed by atoms with Gasteiger partial charge in [-0.1, -0.05) is 12.1 Å². The highest BCUT2D eigenvalue weighted by Crippen LogP contribution is 2.11. The van der Waals surface area contributed by atoms with Crippen molar-refractivity contribution in [2.45, 2.75) is 13.5 Å². The maximum absolute atomic E-state index is 11.7. The maximum atomic E-state index is 11.7. The smallest absolute Gasteiger partial charge is 0.251 e. The van der Waals surface area contributed by atoms with Crippen LogP contribution in [0.25, 0.3) is 0 Å². The zero-order chi connectivity index (χ0) is 15.1. The highest BCUT2D eigenvalue weighted by atomic mass is 16.1. The van der Waals surface area contributed by atoms with E-state index in [1.807, 2.05) is 37.4 Å². The first-order chi connectivity index (χ1) is 10.2. The van der Waals surface area contributed by atoms with Gasteiger partial charge in [0.15, 0.2) is 0 Å². The van der Waals surface area contributed by atoms with Crippen molar-refractivity contribution in [2.75, 3.05) is 11.9 Å². The second kappa shape index (κ2) is 7.24. The summed E-state index contributed by atoms with van der Waals surface area (Å²) in [5.41, 5.74) is 3.72. The summed E-state index contributed by atoms with van der Waals surface area (Å²) in [6, 6.07) is 11.4. The van der Waals surface area contributed by atoms with Crippen molar-refractivity contribution < 1.29 is 4.79 Å². The highest BCUT2D eigenvalue weighted by Gasteiger charge is 2.03. The molecule has 21 heavy (non-hydrogen) atoms. The summed E-state index contributed by atoms with van der Waals surface area (Å²) in [4.78, 5) is 16.1. The van der Waals surface area contributed by atoms with Crippen LogP contribution in [0.15, 0.2) is 55.3 Å². The predicted molar refractivity (Wildman–Crippen MR) is 85.3 cm³/mol. The van der Waals surface area contributed by atoms with Gasteiger partial charge in [-0.2, -0.15) is 0 Å². The second-order valence-electron chi connectivity index (χ2n) is 4.76. The first-order valence-corrected chi connectivity index (χ1v) is 6.83. The van der Waals surface area contributed by atoms with Gasteiger partial charge >= 0.3 is 0 Å². The van der Waals surface area contributed by atoms with Gasteiger partial charge in [-0.3, -0.25) is 9.78 Å². The molecule has 1 amide bonds. The summed E-state index contributed by atoms with van der Waals surface area (Å²) in [5.74, 6) is -0.0957. The van der Waals surface area contributed by atoms with E-state index in [4.69, 9.17) is 0 Å². The molecule has 0 aliphatic carbocycles. The molecule has 2 N–H and O–H groups in total. The number of nitrogens with one attached hydrogen (secondary N) is 2. The molecule has 0 aliphatic rings. The van der Waals surface area contributed by atoms with E-state index < -0.39 is 0 Å². The molecule has 2 aromatic rings. The fraction of sp³-hybridized carbons (Fsp3) is 0.176. The summed E-state index contributed by atoms with van der Waals surface area (Å²) in [5, 5.41) is 6.02. The Morgan fingerprint density at radius 3 is 2.62 bits per heavy atom. The van der Waals surface area contributed by atoms with Crippen LogP contribution in [0, 0.1) is 6.92 Å². The summed E-state index contributed by atoms with van der Waals surface area (Å²) in [6.45, 7) is 6.71. The van der Waals surface area contributed by atoms with Gasteiger partial charge < -0.3 is 10.6 Å². The van der Waals surface area contributed by atoms with E-state index >= 15 is 0 Å². The van der Waals surface area contributed by atoms with Gasteiger partial charge in [0.2, 0.25) is 0 Å². The molecular weight excluding hydrogens is 262 g/mol. The van der Waals surface area contributed by atoms with Crippen LogP contribution in [0.3, 0.4) is 0 Å². The minimum absolute atomic E-state index is 0.0957. The second-order valence-corrected chi connectivity index (χ2v) is 4.76. The molecule has 0 spiro atoms. The first kappa shape index (κ1) is 14.8. The average Bonchev–Trinajstić information content (AvgIpc) is 2.52. The molecule has 0 fully saturated rings. The summed E-state index contributed by atoms with van der Waals surface area (Å²) in [6.07, 6.45) is 3.51. The Balaban J connectivity index is 1.91. The normalized spacial score (nSPS) is 9.95. The fourth-order valence-electron chi connectivity index (χ4n) is 1.80. The van der Waals surface area contributed by atoms with Crippen molar-refractivity contribution in [3.8, 4) is 0 Å². The van der Waals surface area contributed by atoms with Crippen molar-refractivity contribution in [1.82, 2.24) is 10.3 Å². The highest BCUT2D eigenvalue weighted by molar-refractivity contribution is 5.94. The lowest BCUT2D eigenvalue weighted by atomic mass is 10.2. The number of hydrogen-bond acceptors (Lipinski definition) is 3. The average molecular weight is 281 g/mol. The van der Waals surface area contributed by atoms with Crippen LogP contribution in [0.1, 0.15) is 21.6 Å². The van der Waals surface area contributed by atoms with E-state index in [9.17, 15) is 4.79 Å². The number of carbonyl (C=O) groups is 1. The zero-order valence-corrected chi connectivity index (χ0v) is 12.1. The molecule has 4 nitrogen and oxygen atoms in total. The van der Waals surface area contributed by atoms with Gasteiger partial charge in [0, 0.05) is 24.0 Å². The Bertz CT molecular complexity index is 603. The number of amides is 1. The molecule has 0 bridgehead atoms. The molecule has 1 aromatic heterocycles. The minimum Gasteiger partial charge on any atom is -0.379 e. The summed E-state index contributed by atoms with van der Waals surface area (Å²) < 4.78 is 0. The predicted octanol–water partition coefficient (Wildman–Crippen LogP) is 2.92. The van der Waals surface area contributed by atoms with Gasteiger partial charge in [-0.15, -0.1) is 6.58 Å². The lowest BCUT2D eigenvalue weighted by molar-refractivity contribution is 0.0958. The van der Waals surface area contributed by atoms with Crippen molar-refractivity contribution in [3.63, 3.8) is 0 Å². The molecule has 0 radical (unpaired) electrons.